The number of hydrogen-bond donors (Lipinski definition) is 4. The van der Waals surface area contributed by atoms with Gasteiger partial charge in [0.15, 0.2) is 0 Å². The van der Waals surface area contributed by atoms with E-state index in [9.17, 15) is 4.79 Å². The number of nitrogens with zero attached hydrogens (tertiary/aromatic N) is 2. The number of rotatable bonds is 4. The van der Waals surface area contributed by atoms with Gasteiger partial charge in [-0.2, -0.15) is 4.98 Å². The Morgan fingerprint density at radius 2 is 2.15 bits per heavy atom. The molecule has 0 aliphatic heterocycles. The van der Waals surface area contributed by atoms with Crippen LogP contribution in [0.25, 0.3) is 11.3 Å². The lowest BCUT2D eigenvalue weighted by molar-refractivity contribution is -0.118. The summed E-state index contributed by atoms with van der Waals surface area (Å²) in [5, 5.41) is 14.2. The summed E-state index contributed by atoms with van der Waals surface area (Å²) in [5.41, 5.74) is 7.65. The van der Waals surface area contributed by atoms with Gasteiger partial charge in [0.05, 0.1) is 5.69 Å². The van der Waals surface area contributed by atoms with Crippen LogP contribution in [0.15, 0.2) is 30.3 Å². The minimum atomic E-state index is -0.561. The minimum absolute atomic E-state index is 0.164. The molecule has 0 fully saturated rings. The van der Waals surface area contributed by atoms with Gasteiger partial charge < -0.3 is 21.5 Å². The van der Waals surface area contributed by atoms with E-state index in [0.29, 0.717) is 17.2 Å². The van der Waals surface area contributed by atoms with Crippen molar-refractivity contribution in [1.82, 2.24) is 9.97 Å². The Bertz CT molecular complexity index is 630. The van der Waals surface area contributed by atoms with E-state index in [1.54, 1.807) is 31.3 Å². The number of nitrogens with one attached hydrogen (secondary N) is 2. The number of aromatic nitrogens is 2. The number of anilines is 3. The van der Waals surface area contributed by atoms with Crippen molar-refractivity contribution in [3.63, 3.8) is 0 Å². The molecule has 7 nitrogen and oxygen atoms in total. The highest BCUT2D eigenvalue weighted by molar-refractivity contribution is 5.92. The molecule has 0 unspecified atom stereocenters. The first-order valence-corrected chi connectivity index (χ1v) is 5.96. The van der Waals surface area contributed by atoms with Crippen molar-refractivity contribution in [3.05, 3.63) is 30.3 Å². The molecule has 0 radical (unpaired) electrons. The Balaban J connectivity index is 2.35. The predicted octanol–water partition coefficient (Wildman–Crippen LogP) is 0.698. The third-order valence-corrected chi connectivity index (χ3v) is 2.59. The molecule has 0 atom stereocenters. The number of nitrogens with two attached hydrogens (primary N) is 1. The Morgan fingerprint density at radius 1 is 1.35 bits per heavy atom. The fourth-order valence-corrected chi connectivity index (χ4v) is 1.70. The molecule has 1 aromatic heterocycles. The molecule has 0 spiro atoms. The van der Waals surface area contributed by atoms with Gasteiger partial charge in [-0.25, -0.2) is 4.98 Å². The van der Waals surface area contributed by atoms with Crippen LogP contribution in [0.2, 0.25) is 0 Å². The number of nitrogen functional groups attached to an aromatic ring is 1. The highest BCUT2D eigenvalue weighted by atomic mass is 16.3. The van der Waals surface area contributed by atoms with Crippen LogP contribution in [-0.2, 0) is 4.79 Å². The molecule has 104 valence electrons. The summed E-state index contributed by atoms with van der Waals surface area (Å²) < 4.78 is 0. The van der Waals surface area contributed by atoms with Crippen LogP contribution in [0.3, 0.4) is 0 Å². The molecule has 0 bridgehead atoms. The molecule has 0 saturated heterocycles. The first-order chi connectivity index (χ1) is 9.62. The SMILES string of the molecule is CNc1cc(-c2cccc(NC(=O)CO)c2)nc(N)n1. The topological polar surface area (TPSA) is 113 Å². The van der Waals surface area contributed by atoms with Crippen LogP contribution in [0.5, 0.6) is 0 Å². The fourth-order valence-electron chi connectivity index (χ4n) is 1.70. The summed E-state index contributed by atoms with van der Waals surface area (Å²) in [4.78, 5) is 19.3. The highest BCUT2D eigenvalue weighted by Gasteiger charge is 2.06. The number of aliphatic hydroxyl groups is 1. The molecule has 0 aliphatic carbocycles. The van der Waals surface area contributed by atoms with Crippen molar-refractivity contribution in [2.24, 2.45) is 0 Å². The molecule has 5 N–H and O–H groups in total. The van der Waals surface area contributed by atoms with E-state index in [0.717, 1.165) is 5.56 Å². The number of benzene rings is 1. The number of amides is 1. The van der Waals surface area contributed by atoms with Gasteiger partial charge in [-0.05, 0) is 12.1 Å². The highest BCUT2D eigenvalue weighted by Crippen LogP contribution is 2.23. The minimum Gasteiger partial charge on any atom is -0.387 e. The molecular formula is C13H15N5O2. The molecule has 1 heterocycles. The second-order valence-corrected chi connectivity index (χ2v) is 4.03. The second-order valence-electron chi connectivity index (χ2n) is 4.03. The van der Waals surface area contributed by atoms with Crippen LogP contribution >= 0.6 is 0 Å². The number of carbonyl (C=O) groups is 1. The summed E-state index contributed by atoms with van der Waals surface area (Å²) in [6.07, 6.45) is 0. The first kappa shape index (κ1) is 13.8. The van der Waals surface area contributed by atoms with Gasteiger partial charge in [-0.15, -0.1) is 0 Å². The van der Waals surface area contributed by atoms with Gasteiger partial charge in [0, 0.05) is 24.4 Å². The van der Waals surface area contributed by atoms with Crippen molar-refractivity contribution < 1.29 is 9.90 Å². The van der Waals surface area contributed by atoms with Crippen LogP contribution in [0, 0.1) is 0 Å². The Kier molecular flexibility index (Phi) is 4.11. The molecule has 2 aromatic rings. The normalized spacial score (nSPS) is 10.1. The van der Waals surface area contributed by atoms with E-state index in [2.05, 4.69) is 20.6 Å². The largest absolute Gasteiger partial charge is 0.387 e. The van der Waals surface area contributed by atoms with Crippen molar-refractivity contribution in [2.45, 2.75) is 0 Å². The van der Waals surface area contributed by atoms with Gasteiger partial charge in [-0.1, -0.05) is 12.1 Å². The Morgan fingerprint density at radius 3 is 2.85 bits per heavy atom. The third kappa shape index (κ3) is 3.21. The number of carbonyl (C=O) groups excluding carboxylic acids is 1. The summed E-state index contributed by atoms with van der Waals surface area (Å²) in [7, 11) is 1.74. The molecular weight excluding hydrogens is 258 g/mol. The maximum absolute atomic E-state index is 11.2. The van der Waals surface area contributed by atoms with E-state index < -0.39 is 12.5 Å². The molecule has 1 aromatic carbocycles. The van der Waals surface area contributed by atoms with E-state index in [4.69, 9.17) is 10.8 Å². The molecule has 1 amide bonds. The zero-order valence-corrected chi connectivity index (χ0v) is 10.9. The lowest BCUT2D eigenvalue weighted by atomic mass is 10.1. The third-order valence-electron chi connectivity index (χ3n) is 2.59. The van der Waals surface area contributed by atoms with E-state index in [1.807, 2.05) is 6.07 Å². The van der Waals surface area contributed by atoms with Crippen LogP contribution in [0.1, 0.15) is 0 Å². The monoisotopic (exact) mass is 273 g/mol. The number of aliphatic hydroxyl groups excluding tert-OH is 1. The van der Waals surface area contributed by atoms with Crippen LogP contribution < -0.4 is 16.4 Å². The summed E-state index contributed by atoms with van der Waals surface area (Å²) in [6, 6.07) is 8.84. The average Bonchev–Trinajstić information content (AvgIpc) is 2.46. The van der Waals surface area contributed by atoms with E-state index in [1.165, 1.54) is 0 Å². The average molecular weight is 273 g/mol. The fraction of sp³-hybridized carbons (Fsp3) is 0.154. The van der Waals surface area contributed by atoms with Gasteiger partial charge in [0.25, 0.3) is 0 Å². The van der Waals surface area contributed by atoms with Gasteiger partial charge in [0.1, 0.15) is 12.4 Å². The summed E-state index contributed by atoms with van der Waals surface area (Å²) in [6.45, 7) is -0.561. The standard InChI is InChI=1S/C13H15N5O2/c1-15-11-6-10(17-13(14)18-11)8-3-2-4-9(5-8)16-12(20)7-19/h2-6,19H,7H2,1H3,(H,16,20)(H3,14,15,17,18). The van der Waals surface area contributed by atoms with Gasteiger partial charge in [-0.3, -0.25) is 4.79 Å². The lowest BCUT2D eigenvalue weighted by Gasteiger charge is -2.08. The quantitative estimate of drug-likeness (QED) is 0.652. The van der Waals surface area contributed by atoms with Crippen molar-refractivity contribution in [1.29, 1.82) is 0 Å². The maximum Gasteiger partial charge on any atom is 0.250 e. The molecule has 0 saturated carbocycles. The van der Waals surface area contributed by atoms with Crippen molar-refractivity contribution >= 4 is 23.4 Å². The van der Waals surface area contributed by atoms with Crippen molar-refractivity contribution in [2.75, 3.05) is 30.0 Å². The van der Waals surface area contributed by atoms with Gasteiger partial charge >= 0.3 is 0 Å². The summed E-state index contributed by atoms with van der Waals surface area (Å²) >= 11 is 0. The predicted molar refractivity (Wildman–Crippen MR) is 77.1 cm³/mol. The van der Waals surface area contributed by atoms with Crippen molar-refractivity contribution in [3.8, 4) is 11.3 Å². The first-order valence-electron chi connectivity index (χ1n) is 5.96. The number of hydrogen-bond acceptors (Lipinski definition) is 6. The Hall–Kier alpha value is -2.67. The van der Waals surface area contributed by atoms with E-state index in [-0.39, 0.29) is 5.95 Å². The van der Waals surface area contributed by atoms with Gasteiger partial charge in [0.2, 0.25) is 11.9 Å². The zero-order chi connectivity index (χ0) is 14.5. The molecule has 0 aliphatic rings. The summed E-state index contributed by atoms with van der Waals surface area (Å²) in [5.74, 6) is 0.300. The molecule has 20 heavy (non-hydrogen) atoms. The molecule has 7 heteroatoms. The smallest absolute Gasteiger partial charge is 0.250 e. The van der Waals surface area contributed by atoms with Crippen LogP contribution in [-0.4, -0.2) is 34.6 Å². The lowest BCUT2D eigenvalue weighted by Crippen LogP contribution is -2.15. The Labute approximate surface area is 115 Å². The molecule has 2 rings (SSSR count). The second kappa shape index (κ2) is 5.98. The maximum atomic E-state index is 11.2. The zero-order valence-electron chi connectivity index (χ0n) is 10.9. The van der Waals surface area contributed by atoms with Crippen LogP contribution in [0.4, 0.5) is 17.5 Å². The van der Waals surface area contributed by atoms with E-state index >= 15 is 0 Å².